The Hall–Kier alpha value is -4.11. The topological polar surface area (TPSA) is 109 Å². The zero-order chi connectivity index (χ0) is 23.5. The van der Waals surface area contributed by atoms with Gasteiger partial charge in [-0.3, -0.25) is 19.3 Å². The summed E-state index contributed by atoms with van der Waals surface area (Å²) >= 11 is 0.754. The standard InChI is InChI=1S/C24H19N3O5S/c1-15-6-2-3-10-19(15)25-21(28)14-27-22(29)20(33-24(27)32)13-18-9-5-11-26(18)17-8-4-7-16(12-17)23(30)31/h2-13H,14H2,1H3,(H,25,28)(H,30,31)/b20-13+. The Morgan fingerprint density at radius 1 is 1.06 bits per heavy atom. The SMILES string of the molecule is Cc1ccccc1NC(=O)CN1C(=O)S/C(=C/c2cccn2-c2cccc(C(=O)O)c2)C1=O. The van der Waals surface area contributed by atoms with Gasteiger partial charge in [0.25, 0.3) is 11.1 Å². The van der Waals surface area contributed by atoms with E-state index in [1.165, 1.54) is 12.1 Å². The molecule has 4 rings (SSSR count). The maximum atomic E-state index is 12.8. The molecular formula is C24H19N3O5S. The van der Waals surface area contributed by atoms with Gasteiger partial charge in [0.1, 0.15) is 6.54 Å². The zero-order valence-corrected chi connectivity index (χ0v) is 18.3. The summed E-state index contributed by atoms with van der Waals surface area (Å²) < 4.78 is 1.71. The highest BCUT2D eigenvalue weighted by Crippen LogP contribution is 2.32. The molecule has 2 heterocycles. The quantitative estimate of drug-likeness (QED) is 0.534. The van der Waals surface area contributed by atoms with E-state index in [9.17, 15) is 24.3 Å². The Kier molecular flexibility index (Phi) is 6.14. The predicted molar refractivity (Wildman–Crippen MR) is 125 cm³/mol. The van der Waals surface area contributed by atoms with Crippen LogP contribution in [-0.4, -0.2) is 44.1 Å². The Labute approximate surface area is 193 Å². The lowest BCUT2D eigenvalue weighted by Crippen LogP contribution is -2.36. The fraction of sp³-hybridized carbons (Fsp3) is 0.0833. The highest BCUT2D eigenvalue weighted by Gasteiger charge is 2.36. The monoisotopic (exact) mass is 461 g/mol. The van der Waals surface area contributed by atoms with Crippen LogP contribution in [-0.2, 0) is 9.59 Å². The first-order chi connectivity index (χ1) is 15.8. The Bertz CT molecular complexity index is 1310. The number of nitrogens with one attached hydrogen (secondary N) is 1. The minimum absolute atomic E-state index is 0.132. The van der Waals surface area contributed by atoms with Gasteiger partial charge < -0.3 is 15.0 Å². The number of hydrogen-bond donors (Lipinski definition) is 2. The van der Waals surface area contributed by atoms with E-state index in [2.05, 4.69) is 5.32 Å². The summed E-state index contributed by atoms with van der Waals surface area (Å²) in [6, 6.07) is 17.1. The Balaban J connectivity index is 1.53. The predicted octanol–water partition coefficient (Wildman–Crippen LogP) is 4.16. The molecule has 0 saturated carbocycles. The van der Waals surface area contributed by atoms with Crippen LogP contribution in [0.3, 0.4) is 0 Å². The van der Waals surface area contributed by atoms with Crippen molar-refractivity contribution in [1.82, 2.24) is 9.47 Å². The van der Waals surface area contributed by atoms with E-state index >= 15 is 0 Å². The average Bonchev–Trinajstić information content (AvgIpc) is 3.35. The largest absolute Gasteiger partial charge is 0.478 e. The Morgan fingerprint density at radius 3 is 2.61 bits per heavy atom. The minimum Gasteiger partial charge on any atom is -0.478 e. The van der Waals surface area contributed by atoms with E-state index in [1.54, 1.807) is 53.2 Å². The lowest BCUT2D eigenvalue weighted by atomic mass is 10.2. The van der Waals surface area contributed by atoms with E-state index < -0.39 is 29.6 Å². The number of hydrogen-bond acceptors (Lipinski definition) is 5. The molecule has 0 unspecified atom stereocenters. The summed E-state index contributed by atoms with van der Waals surface area (Å²) in [5, 5.41) is 11.4. The van der Waals surface area contributed by atoms with Crippen LogP contribution in [0.4, 0.5) is 10.5 Å². The molecule has 2 aromatic carbocycles. The zero-order valence-electron chi connectivity index (χ0n) is 17.5. The number of benzene rings is 2. The van der Waals surface area contributed by atoms with Gasteiger partial charge in [0.2, 0.25) is 5.91 Å². The fourth-order valence-electron chi connectivity index (χ4n) is 3.35. The number of carboxylic acid groups (broad SMARTS) is 1. The highest BCUT2D eigenvalue weighted by atomic mass is 32.2. The highest BCUT2D eigenvalue weighted by molar-refractivity contribution is 8.18. The summed E-state index contributed by atoms with van der Waals surface area (Å²) in [5.41, 5.74) is 2.81. The molecular weight excluding hydrogens is 442 g/mol. The van der Waals surface area contributed by atoms with E-state index in [1.807, 2.05) is 19.1 Å². The van der Waals surface area contributed by atoms with Crippen molar-refractivity contribution < 1.29 is 24.3 Å². The van der Waals surface area contributed by atoms with E-state index in [0.29, 0.717) is 17.1 Å². The first-order valence-corrected chi connectivity index (χ1v) is 10.8. The van der Waals surface area contributed by atoms with E-state index in [-0.39, 0.29) is 10.5 Å². The van der Waals surface area contributed by atoms with Crippen molar-refractivity contribution in [3.05, 3.63) is 88.6 Å². The van der Waals surface area contributed by atoms with Crippen LogP contribution >= 0.6 is 11.8 Å². The lowest BCUT2D eigenvalue weighted by Gasteiger charge is -2.13. The van der Waals surface area contributed by atoms with Gasteiger partial charge in [-0.15, -0.1) is 0 Å². The van der Waals surface area contributed by atoms with Crippen LogP contribution in [0.2, 0.25) is 0 Å². The lowest BCUT2D eigenvalue weighted by molar-refractivity contribution is -0.127. The van der Waals surface area contributed by atoms with Crippen molar-refractivity contribution in [2.75, 3.05) is 11.9 Å². The summed E-state index contributed by atoms with van der Waals surface area (Å²) in [4.78, 5) is 50.1. The number of aromatic nitrogens is 1. The third-order valence-electron chi connectivity index (χ3n) is 5.03. The number of para-hydroxylation sites is 1. The molecule has 0 bridgehead atoms. The van der Waals surface area contributed by atoms with Gasteiger partial charge in [0, 0.05) is 23.3 Å². The second-order valence-corrected chi connectivity index (χ2v) is 8.28. The van der Waals surface area contributed by atoms with Crippen LogP contribution < -0.4 is 5.32 Å². The third-order valence-corrected chi connectivity index (χ3v) is 5.93. The van der Waals surface area contributed by atoms with Crippen molar-refractivity contribution in [2.24, 2.45) is 0 Å². The Morgan fingerprint density at radius 2 is 1.85 bits per heavy atom. The number of carboxylic acids is 1. The molecule has 8 nitrogen and oxygen atoms in total. The fourth-order valence-corrected chi connectivity index (χ4v) is 4.18. The molecule has 1 aromatic heterocycles. The van der Waals surface area contributed by atoms with Crippen molar-refractivity contribution in [3.8, 4) is 5.69 Å². The second kappa shape index (κ2) is 9.17. The number of aryl methyl sites for hydroxylation is 1. The number of amides is 3. The van der Waals surface area contributed by atoms with E-state index in [0.717, 1.165) is 22.2 Å². The number of carbonyl (C=O) groups is 4. The van der Waals surface area contributed by atoms with Crippen LogP contribution in [0, 0.1) is 6.92 Å². The molecule has 0 aliphatic carbocycles. The summed E-state index contributed by atoms with van der Waals surface area (Å²) in [6.07, 6.45) is 3.28. The number of carbonyl (C=O) groups excluding carboxylic acids is 3. The molecule has 3 amide bonds. The molecule has 166 valence electrons. The van der Waals surface area contributed by atoms with Gasteiger partial charge in [-0.1, -0.05) is 24.3 Å². The molecule has 9 heteroatoms. The number of anilines is 1. The van der Waals surface area contributed by atoms with Crippen molar-refractivity contribution >= 4 is 46.5 Å². The molecule has 1 aliphatic rings. The molecule has 33 heavy (non-hydrogen) atoms. The van der Waals surface area contributed by atoms with Crippen LogP contribution in [0.5, 0.6) is 0 Å². The van der Waals surface area contributed by atoms with Gasteiger partial charge in [0.15, 0.2) is 0 Å². The van der Waals surface area contributed by atoms with Crippen molar-refractivity contribution in [1.29, 1.82) is 0 Å². The molecule has 1 fully saturated rings. The molecule has 0 atom stereocenters. The van der Waals surface area contributed by atoms with Gasteiger partial charge in [-0.25, -0.2) is 4.79 Å². The van der Waals surface area contributed by atoms with Gasteiger partial charge >= 0.3 is 5.97 Å². The molecule has 0 radical (unpaired) electrons. The van der Waals surface area contributed by atoms with Crippen molar-refractivity contribution in [2.45, 2.75) is 6.92 Å². The molecule has 1 saturated heterocycles. The maximum Gasteiger partial charge on any atom is 0.335 e. The number of rotatable bonds is 6. The first-order valence-electron chi connectivity index (χ1n) is 9.95. The summed E-state index contributed by atoms with van der Waals surface area (Å²) in [6.45, 7) is 1.46. The van der Waals surface area contributed by atoms with Crippen LogP contribution in [0.1, 0.15) is 21.6 Å². The van der Waals surface area contributed by atoms with Gasteiger partial charge in [-0.05, 0) is 66.7 Å². The minimum atomic E-state index is -1.05. The number of imide groups is 1. The number of aromatic carboxylic acids is 1. The van der Waals surface area contributed by atoms with Crippen LogP contribution in [0.25, 0.3) is 11.8 Å². The average molecular weight is 461 g/mol. The molecule has 3 aromatic rings. The molecule has 0 spiro atoms. The van der Waals surface area contributed by atoms with Gasteiger partial charge in [0.05, 0.1) is 10.5 Å². The normalized spacial score (nSPS) is 14.7. The summed E-state index contributed by atoms with van der Waals surface area (Å²) in [7, 11) is 0. The van der Waals surface area contributed by atoms with E-state index in [4.69, 9.17) is 0 Å². The third kappa shape index (κ3) is 4.73. The van der Waals surface area contributed by atoms with Crippen LogP contribution in [0.15, 0.2) is 71.8 Å². The number of thioether (sulfide) groups is 1. The molecule has 1 aliphatic heterocycles. The van der Waals surface area contributed by atoms with Gasteiger partial charge in [-0.2, -0.15) is 0 Å². The second-order valence-electron chi connectivity index (χ2n) is 7.29. The molecule has 2 N–H and O–H groups in total. The van der Waals surface area contributed by atoms with Crippen molar-refractivity contribution in [3.63, 3.8) is 0 Å². The smallest absolute Gasteiger partial charge is 0.335 e. The first kappa shape index (κ1) is 22.1. The summed E-state index contributed by atoms with van der Waals surface area (Å²) in [5.74, 6) is -2.07. The number of nitrogens with zero attached hydrogens (tertiary/aromatic N) is 2. The maximum absolute atomic E-state index is 12.8.